The van der Waals surface area contributed by atoms with Gasteiger partial charge in [0.25, 0.3) is 0 Å². The fourth-order valence-corrected chi connectivity index (χ4v) is 3.64. The third kappa shape index (κ3) is 2.63. The predicted molar refractivity (Wildman–Crippen MR) is 82.7 cm³/mol. The van der Waals surface area contributed by atoms with E-state index >= 15 is 0 Å². The Morgan fingerprint density at radius 1 is 1.30 bits per heavy atom. The molecule has 2 nitrogen and oxygen atoms in total. The van der Waals surface area contributed by atoms with Gasteiger partial charge in [0.2, 0.25) is 5.91 Å². The van der Waals surface area contributed by atoms with Crippen LogP contribution in [-0.4, -0.2) is 10.8 Å². The molecule has 0 radical (unpaired) electrons. The molecule has 0 spiro atoms. The summed E-state index contributed by atoms with van der Waals surface area (Å²) in [6.07, 6.45) is 2.60. The number of aryl methyl sites for hydroxylation is 1. The molecular formula is C17H19NOS. The van der Waals surface area contributed by atoms with Crippen LogP contribution in [0.5, 0.6) is 0 Å². The number of amides is 1. The van der Waals surface area contributed by atoms with Crippen molar-refractivity contribution in [3.63, 3.8) is 0 Å². The van der Waals surface area contributed by atoms with Gasteiger partial charge in [-0.3, -0.25) is 4.79 Å². The highest BCUT2D eigenvalue weighted by atomic mass is 32.1. The van der Waals surface area contributed by atoms with E-state index in [1.165, 1.54) is 16.0 Å². The summed E-state index contributed by atoms with van der Waals surface area (Å²) < 4.78 is 0. The molecule has 3 heteroatoms. The SMILES string of the molecule is CC1c2ccccc2CN1C(=O)CCCc1cccs1. The highest BCUT2D eigenvalue weighted by molar-refractivity contribution is 7.09. The number of carbonyl (C=O) groups excluding carboxylic acids is 1. The molecule has 1 aliphatic heterocycles. The first-order chi connectivity index (χ1) is 9.75. The molecule has 1 aromatic heterocycles. The molecule has 1 aliphatic rings. The van der Waals surface area contributed by atoms with Crippen molar-refractivity contribution in [1.82, 2.24) is 4.90 Å². The van der Waals surface area contributed by atoms with Crippen LogP contribution in [0.25, 0.3) is 0 Å². The van der Waals surface area contributed by atoms with Gasteiger partial charge in [0.15, 0.2) is 0 Å². The molecule has 2 heterocycles. The first kappa shape index (κ1) is 13.4. The van der Waals surface area contributed by atoms with Crippen molar-refractivity contribution in [3.05, 3.63) is 57.8 Å². The molecule has 104 valence electrons. The standard InChI is InChI=1S/C17H19NOS/c1-13-16-9-3-2-6-14(16)12-18(13)17(19)10-4-7-15-8-5-11-20-15/h2-3,5-6,8-9,11,13H,4,7,10,12H2,1H3. The van der Waals surface area contributed by atoms with E-state index in [4.69, 9.17) is 0 Å². The van der Waals surface area contributed by atoms with Crippen molar-refractivity contribution in [2.75, 3.05) is 0 Å². The minimum absolute atomic E-state index is 0.223. The quantitative estimate of drug-likeness (QED) is 0.825. The van der Waals surface area contributed by atoms with E-state index in [1.54, 1.807) is 11.3 Å². The molecule has 0 aliphatic carbocycles. The van der Waals surface area contributed by atoms with Crippen LogP contribution < -0.4 is 0 Å². The third-order valence-electron chi connectivity index (χ3n) is 4.03. The summed E-state index contributed by atoms with van der Waals surface area (Å²) >= 11 is 1.77. The fraction of sp³-hybridized carbons (Fsp3) is 0.353. The van der Waals surface area contributed by atoms with Gasteiger partial charge in [-0.2, -0.15) is 0 Å². The average molecular weight is 285 g/mol. The van der Waals surface area contributed by atoms with E-state index in [1.807, 2.05) is 4.90 Å². The van der Waals surface area contributed by atoms with Crippen LogP contribution in [0.3, 0.4) is 0 Å². The van der Waals surface area contributed by atoms with Crippen molar-refractivity contribution in [2.45, 2.75) is 38.8 Å². The average Bonchev–Trinajstić information content (AvgIpc) is 3.08. The van der Waals surface area contributed by atoms with Crippen molar-refractivity contribution >= 4 is 17.2 Å². The summed E-state index contributed by atoms with van der Waals surface area (Å²) in [7, 11) is 0. The number of nitrogens with zero attached hydrogens (tertiary/aromatic N) is 1. The highest BCUT2D eigenvalue weighted by Gasteiger charge is 2.29. The number of hydrogen-bond acceptors (Lipinski definition) is 2. The van der Waals surface area contributed by atoms with Gasteiger partial charge in [0, 0.05) is 17.8 Å². The van der Waals surface area contributed by atoms with E-state index in [2.05, 4.69) is 48.7 Å². The normalized spacial score (nSPS) is 17.2. The fourth-order valence-electron chi connectivity index (χ4n) is 2.89. The second kappa shape index (κ2) is 5.80. The van der Waals surface area contributed by atoms with E-state index in [9.17, 15) is 4.79 Å². The zero-order chi connectivity index (χ0) is 13.9. The number of thiophene rings is 1. The van der Waals surface area contributed by atoms with E-state index in [0.29, 0.717) is 6.42 Å². The van der Waals surface area contributed by atoms with Gasteiger partial charge in [0.1, 0.15) is 0 Å². The molecule has 20 heavy (non-hydrogen) atoms. The monoisotopic (exact) mass is 285 g/mol. The van der Waals surface area contributed by atoms with Gasteiger partial charge in [0.05, 0.1) is 6.04 Å². The molecule has 0 N–H and O–H groups in total. The zero-order valence-corrected chi connectivity index (χ0v) is 12.5. The van der Waals surface area contributed by atoms with Crippen LogP contribution in [0.4, 0.5) is 0 Å². The van der Waals surface area contributed by atoms with E-state index in [0.717, 1.165) is 19.4 Å². The Bertz CT molecular complexity index is 591. The molecule has 0 fully saturated rings. The maximum Gasteiger partial charge on any atom is 0.223 e. The number of hydrogen-bond donors (Lipinski definition) is 0. The van der Waals surface area contributed by atoms with Crippen LogP contribution in [0.15, 0.2) is 41.8 Å². The minimum Gasteiger partial charge on any atom is -0.332 e. The first-order valence-corrected chi connectivity index (χ1v) is 8.03. The topological polar surface area (TPSA) is 20.3 Å². The van der Waals surface area contributed by atoms with Gasteiger partial charge < -0.3 is 4.90 Å². The maximum atomic E-state index is 12.4. The summed E-state index contributed by atoms with van der Waals surface area (Å²) in [6.45, 7) is 2.90. The van der Waals surface area contributed by atoms with E-state index < -0.39 is 0 Å². The molecule has 1 unspecified atom stereocenters. The number of carbonyl (C=O) groups is 1. The lowest BCUT2D eigenvalue weighted by molar-refractivity contribution is -0.133. The Morgan fingerprint density at radius 3 is 2.90 bits per heavy atom. The van der Waals surface area contributed by atoms with Gasteiger partial charge in [-0.15, -0.1) is 11.3 Å². The van der Waals surface area contributed by atoms with Crippen LogP contribution in [0.2, 0.25) is 0 Å². The lowest BCUT2D eigenvalue weighted by Gasteiger charge is -2.22. The number of fused-ring (bicyclic) bond motifs is 1. The molecular weight excluding hydrogens is 266 g/mol. The van der Waals surface area contributed by atoms with E-state index in [-0.39, 0.29) is 11.9 Å². The van der Waals surface area contributed by atoms with Crippen LogP contribution in [-0.2, 0) is 17.8 Å². The molecule has 1 amide bonds. The predicted octanol–water partition coefficient (Wildman–Crippen LogP) is 4.17. The number of benzene rings is 1. The summed E-state index contributed by atoms with van der Waals surface area (Å²) in [5.41, 5.74) is 2.60. The molecule has 3 rings (SSSR count). The molecule has 1 atom stereocenters. The van der Waals surface area contributed by atoms with Gasteiger partial charge >= 0.3 is 0 Å². The molecule has 2 aromatic rings. The van der Waals surface area contributed by atoms with Crippen LogP contribution in [0, 0.1) is 0 Å². The molecule has 0 saturated carbocycles. The summed E-state index contributed by atoms with van der Waals surface area (Å²) in [5.74, 6) is 0.283. The van der Waals surface area contributed by atoms with Crippen LogP contribution >= 0.6 is 11.3 Å². The maximum absolute atomic E-state index is 12.4. The Balaban J connectivity index is 1.56. The largest absolute Gasteiger partial charge is 0.332 e. The van der Waals surface area contributed by atoms with Crippen molar-refractivity contribution in [3.8, 4) is 0 Å². The van der Waals surface area contributed by atoms with Crippen molar-refractivity contribution in [1.29, 1.82) is 0 Å². The highest BCUT2D eigenvalue weighted by Crippen LogP contribution is 2.33. The molecule has 0 bridgehead atoms. The van der Waals surface area contributed by atoms with Gasteiger partial charge in [-0.05, 0) is 42.3 Å². The van der Waals surface area contributed by atoms with Crippen molar-refractivity contribution < 1.29 is 4.79 Å². The van der Waals surface area contributed by atoms with Crippen molar-refractivity contribution in [2.24, 2.45) is 0 Å². The Morgan fingerprint density at radius 2 is 2.15 bits per heavy atom. The second-order valence-electron chi connectivity index (χ2n) is 5.33. The van der Waals surface area contributed by atoms with Gasteiger partial charge in [-0.25, -0.2) is 0 Å². The molecule has 0 saturated heterocycles. The Hall–Kier alpha value is -1.61. The first-order valence-electron chi connectivity index (χ1n) is 7.15. The summed E-state index contributed by atoms with van der Waals surface area (Å²) in [5, 5.41) is 2.09. The zero-order valence-electron chi connectivity index (χ0n) is 11.7. The summed E-state index contributed by atoms with van der Waals surface area (Å²) in [4.78, 5) is 15.8. The third-order valence-corrected chi connectivity index (χ3v) is 4.96. The van der Waals surface area contributed by atoms with Crippen LogP contribution in [0.1, 0.15) is 41.8 Å². The lowest BCUT2D eigenvalue weighted by Crippen LogP contribution is -2.27. The number of rotatable bonds is 4. The smallest absolute Gasteiger partial charge is 0.223 e. The van der Waals surface area contributed by atoms with Gasteiger partial charge in [-0.1, -0.05) is 30.3 Å². The second-order valence-corrected chi connectivity index (χ2v) is 6.36. The lowest BCUT2D eigenvalue weighted by atomic mass is 10.1. The molecule has 1 aromatic carbocycles. The Kier molecular flexibility index (Phi) is 3.88. The Labute approximate surface area is 124 Å². The summed E-state index contributed by atoms with van der Waals surface area (Å²) in [6, 6.07) is 12.8. The minimum atomic E-state index is 0.223.